The molecule has 2 heterocycles. The molecule has 0 bridgehead atoms. The molecule has 1 aromatic carbocycles. The number of aryl methyl sites for hydroxylation is 2. The van der Waals surface area contributed by atoms with Gasteiger partial charge in [0.05, 0.1) is 22.2 Å². The molecule has 0 radical (unpaired) electrons. The van der Waals surface area contributed by atoms with Crippen LogP contribution in [0.4, 0.5) is 11.6 Å². The summed E-state index contributed by atoms with van der Waals surface area (Å²) in [6, 6.07) is 8.18. The van der Waals surface area contributed by atoms with Crippen molar-refractivity contribution in [3.63, 3.8) is 0 Å². The summed E-state index contributed by atoms with van der Waals surface area (Å²) in [5.74, 6) is 0.572. The van der Waals surface area contributed by atoms with Crippen LogP contribution in [0.5, 0.6) is 0 Å². The summed E-state index contributed by atoms with van der Waals surface area (Å²) in [6.07, 6.45) is 3.76. The van der Waals surface area contributed by atoms with Crippen LogP contribution in [0, 0.1) is 13.8 Å². The maximum absolute atomic E-state index is 9.44. The van der Waals surface area contributed by atoms with E-state index in [2.05, 4.69) is 52.6 Å². The normalized spacial score (nSPS) is 17.1. The molecule has 2 aromatic rings. The molecule has 0 aliphatic carbocycles. The van der Waals surface area contributed by atoms with E-state index in [0.29, 0.717) is 5.95 Å². The molecule has 7 heteroatoms. The Balaban J connectivity index is 1.78. The molecular weight excluding hydrogens is 340 g/mol. The number of nitrogens with one attached hydrogen (secondary N) is 2. The van der Waals surface area contributed by atoms with Crippen LogP contribution in [-0.2, 0) is 0 Å². The number of nitrogens with zero attached hydrogens (tertiary/aromatic N) is 2. The Morgan fingerprint density at radius 2 is 2.04 bits per heavy atom. The van der Waals surface area contributed by atoms with Crippen molar-refractivity contribution in [2.24, 2.45) is 0 Å². The summed E-state index contributed by atoms with van der Waals surface area (Å²) in [5.41, 5.74) is 5.12. The van der Waals surface area contributed by atoms with Gasteiger partial charge in [0.1, 0.15) is 5.37 Å². The van der Waals surface area contributed by atoms with Gasteiger partial charge in [-0.2, -0.15) is 0 Å². The first-order chi connectivity index (χ1) is 11.6. The fraction of sp³-hybridized carbons (Fsp3) is 0.294. The number of benzene rings is 1. The summed E-state index contributed by atoms with van der Waals surface area (Å²) in [7, 11) is 0. The molecule has 5 nitrogen and oxygen atoms in total. The highest BCUT2D eigenvalue weighted by molar-refractivity contribution is 8.22. The van der Waals surface area contributed by atoms with Crippen molar-refractivity contribution in [2.75, 3.05) is 18.2 Å². The fourth-order valence-electron chi connectivity index (χ4n) is 2.60. The van der Waals surface area contributed by atoms with Crippen LogP contribution >= 0.6 is 23.5 Å². The first-order valence-electron chi connectivity index (χ1n) is 7.58. The van der Waals surface area contributed by atoms with E-state index >= 15 is 0 Å². The molecule has 0 fully saturated rings. The summed E-state index contributed by atoms with van der Waals surface area (Å²) < 4.78 is 1.10. The van der Waals surface area contributed by atoms with Gasteiger partial charge in [-0.05, 0) is 49.4 Å². The molecule has 3 rings (SSSR count). The number of aliphatic hydroxyl groups is 1. The van der Waals surface area contributed by atoms with Crippen molar-refractivity contribution in [1.29, 1.82) is 0 Å². The van der Waals surface area contributed by atoms with Crippen molar-refractivity contribution >= 4 is 35.2 Å². The van der Waals surface area contributed by atoms with E-state index in [1.165, 1.54) is 11.1 Å². The highest BCUT2D eigenvalue weighted by atomic mass is 32.2. The Morgan fingerprint density at radius 1 is 1.29 bits per heavy atom. The minimum Gasteiger partial charge on any atom is -0.390 e. The Bertz CT molecular complexity index is 743. The van der Waals surface area contributed by atoms with Crippen LogP contribution in [0.25, 0.3) is 0 Å². The molecule has 0 saturated carbocycles. The largest absolute Gasteiger partial charge is 0.390 e. The van der Waals surface area contributed by atoms with Gasteiger partial charge in [0.15, 0.2) is 0 Å². The molecule has 1 atom stereocenters. The van der Waals surface area contributed by atoms with Crippen LogP contribution in [0.15, 0.2) is 40.4 Å². The standard InChI is InChI=1S/C17H20N4OS2/c1-10-6-11(2)8-12(7-10)19-17-18-5-4-13(21-17)15-20-14(9-22)16(23-3)24-15/h4-8,15,20,22H,9H2,1-3H3,(H,18,19,21). The van der Waals surface area contributed by atoms with Gasteiger partial charge in [0.2, 0.25) is 5.95 Å². The number of aromatic nitrogens is 2. The molecule has 1 aromatic heterocycles. The van der Waals surface area contributed by atoms with E-state index in [0.717, 1.165) is 21.3 Å². The van der Waals surface area contributed by atoms with Crippen molar-refractivity contribution in [3.05, 3.63) is 57.2 Å². The number of hydrogen-bond acceptors (Lipinski definition) is 7. The van der Waals surface area contributed by atoms with Crippen molar-refractivity contribution < 1.29 is 5.11 Å². The number of thioether (sulfide) groups is 2. The highest BCUT2D eigenvalue weighted by Gasteiger charge is 2.26. The van der Waals surface area contributed by atoms with Crippen LogP contribution in [-0.4, -0.2) is 27.9 Å². The van der Waals surface area contributed by atoms with Crippen LogP contribution in [0.3, 0.4) is 0 Å². The predicted molar refractivity (Wildman–Crippen MR) is 102 cm³/mol. The van der Waals surface area contributed by atoms with Crippen molar-refractivity contribution in [3.8, 4) is 0 Å². The molecule has 0 spiro atoms. The maximum Gasteiger partial charge on any atom is 0.227 e. The van der Waals surface area contributed by atoms with Crippen molar-refractivity contribution in [1.82, 2.24) is 15.3 Å². The Labute approximate surface area is 150 Å². The molecular formula is C17H20N4OS2. The van der Waals surface area contributed by atoms with E-state index < -0.39 is 0 Å². The Hall–Kier alpha value is -1.70. The average Bonchev–Trinajstić information content (AvgIpc) is 2.97. The van der Waals surface area contributed by atoms with Crippen LogP contribution < -0.4 is 10.6 Å². The lowest BCUT2D eigenvalue weighted by Gasteiger charge is -2.13. The zero-order valence-electron chi connectivity index (χ0n) is 13.8. The summed E-state index contributed by atoms with van der Waals surface area (Å²) in [6.45, 7) is 4.15. The average molecular weight is 361 g/mol. The van der Waals surface area contributed by atoms with Crippen molar-refractivity contribution in [2.45, 2.75) is 19.2 Å². The lowest BCUT2D eigenvalue weighted by atomic mass is 10.1. The number of anilines is 2. The smallest absolute Gasteiger partial charge is 0.227 e. The minimum atomic E-state index is -0.00241. The zero-order valence-corrected chi connectivity index (χ0v) is 15.5. The second-order valence-corrected chi connectivity index (χ2v) is 7.77. The topological polar surface area (TPSA) is 70.1 Å². The van der Waals surface area contributed by atoms with Gasteiger partial charge in [0.25, 0.3) is 0 Å². The van der Waals surface area contributed by atoms with Crippen LogP contribution in [0.1, 0.15) is 22.2 Å². The second-order valence-electron chi connectivity index (χ2n) is 5.58. The van der Waals surface area contributed by atoms with E-state index in [-0.39, 0.29) is 12.0 Å². The van der Waals surface area contributed by atoms with Gasteiger partial charge in [-0.3, -0.25) is 0 Å². The lowest BCUT2D eigenvalue weighted by Crippen LogP contribution is -2.16. The van der Waals surface area contributed by atoms with E-state index in [4.69, 9.17) is 0 Å². The van der Waals surface area contributed by atoms with Gasteiger partial charge in [0, 0.05) is 11.9 Å². The van der Waals surface area contributed by atoms with Gasteiger partial charge in [-0.25, -0.2) is 9.97 Å². The molecule has 0 amide bonds. The third-order valence-corrected chi connectivity index (χ3v) is 6.01. The second kappa shape index (κ2) is 7.46. The molecule has 0 saturated heterocycles. The maximum atomic E-state index is 9.44. The third-order valence-electron chi connectivity index (χ3n) is 3.54. The molecule has 1 aliphatic rings. The monoisotopic (exact) mass is 360 g/mol. The fourth-order valence-corrected chi connectivity index (χ4v) is 4.57. The van der Waals surface area contributed by atoms with E-state index in [9.17, 15) is 5.11 Å². The van der Waals surface area contributed by atoms with Crippen LogP contribution in [0.2, 0.25) is 0 Å². The Kier molecular flexibility index (Phi) is 5.33. The number of aliphatic hydroxyl groups excluding tert-OH is 1. The zero-order chi connectivity index (χ0) is 17.1. The van der Waals surface area contributed by atoms with Gasteiger partial charge in [-0.15, -0.1) is 11.8 Å². The highest BCUT2D eigenvalue weighted by Crippen LogP contribution is 2.44. The quantitative estimate of drug-likeness (QED) is 0.751. The molecule has 1 aliphatic heterocycles. The van der Waals surface area contributed by atoms with E-state index in [1.807, 2.05) is 12.3 Å². The molecule has 126 valence electrons. The SMILES string of the molecule is CSC1=C(CO)NC(c2ccnc(Nc3cc(C)cc(C)c3)n2)S1. The molecule has 3 N–H and O–H groups in total. The van der Waals surface area contributed by atoms with E-state index in [1.54, 1.807) is 29.7 Å². The van der Waals surface area contributed by atoms with Gasteiger partial charge in [-0.1, -0.05) is 17.8 Å². The summed E-state index contributed by atoms with van der Waals surface area (Å²) >= 11 is 3.30. The summed E-state index contributed by atoms with van der Waals surface area (Å²) in [5, 5.41) is 16.0. The lowest BCUT2D eigenvalue weighted by molar-refractivity contribution is 0.322. The minimum absolute atomic E-state index is 0.00241. The Morgan fingerprint density at radius 3 is 2.67 bits per heavy atom. The molecule has 24 heavy (non-hydrogen) atoms. The first-order valence-corrected chi connectivity index (χ1v) is 9.69. The number of rotatable bonds is 5. The summed E-state index contributed by atoms with van der Waals surface area (Å²) in [4.78, 5) is 8.94. The van der Waals surface area contributed by atoms with Gasteiger partial charge < -0.3 is 15.7 Å². The third kappa shape index (κ3) is 3.85. The predicted octanol–water partition coefficient (Wildman–Crippen LogP) is 3.70. The van der Waals surface area contributed by atoms with Gasteiger partial charge >= 0.3 is 0 Å². The first kappa shape index (κ1) is 17.1. The molecule has 1 unspecified atom stereocenters. The number of hydrogen-bond donors (Lipinski definition) is 3.